The Morgan fingerprint density at radius 3 is 2.79 bits per heavy atom. The lowest BCUT2D eigenvalue weighted by Crippen LogP contribution is -2.49. The molecule has 6 heteroatoms. The zero-order valence-corrected chi connectivity index (χ0v) is 16.4. The Balaban J connectivity index is 1.43. The van der Waals surface area contributed by atoms with Crippen LogP contribution in [0.5, 0.6) is 0 Å². The number of carbonyl (C=O) groups is 2. The minimum Gasteiger partial charge on any atom is -0.333 e. The number of nitrogens with one attached hydrogen (secondary N) is 2. The Labute approximate surface area is 170 Å². The van der Waals surface area contributed by atoms with Crippen molar-refractivity contribution >= 4 is 29.1 Å². The summed E-state index contributed by atoms with van der Waals surface area (Å²) in [6, 6.07) is 15.5. The normalized spacial score (nSPS) is 21.8. The van der Waals surface area contributed by atoms with Crippen LogP contribution < -0.4 is 10.6 Å². The molecule has 28 heavy (non-hydrogen) atoms. The van der Waals surface area contributed by atoms with E-state index in [0.29, 0.717) is 37.4 Å². The second-order valence-electron chi connectivity index (χ2n) is 7.41. The lowest BCUT2D eigenvalue weighted by Gasteiger charge is -2.37. The van der Waals surface area contributed by atoms with Crippen LogP contribution in [0.25, 0.3) is 0 Å². The summed E-state index contributed by atoms with van der Waals surface area (Å²) in [5.41, 5.74) is 2.99. The molecule has 0 radical (unpaired) electrons. The van der Waals surface area contributed by atoms with E-state index in [0.717, 1.165) is 23.4 Å². The highest BCUT2D eigenvalue weighted by molar-refractivity contribution is 6.31. The van der Waals surface area contributed by atoms with Crippen molar-refractivity contribution in [1.29, 1.82) is 0 Å². The van der Waals surface area contributed by atoms with Gasteiger partial charge < -0.3 is 15.5 Å². The van der Waals surface area contributed by atoms with Crippen LogP contribution in [0.4, 0.5) is 5.69 Å². The zero-order valence-electron chi connectivity index (χ0n) is 15.7. The molecule has 0 aliphatic carbocycles. The number of piperazine rings is 1. The number of para-hydroxylation sites is 1. The van der Waals surface area contributed by atoms with Crippen molar-refractivity contribution in [3.63, 3.8) is 0 Å². The molecule has 2 amide bonds. The van der Waals surface area contributed by atoms with Gasteiger partial charge in [-0.3, -0.25) is 9.59 Å². The fourth-order valence-electron chi connectivity index (χ4n) is 4.11. The lowest BCUT2D eigenvalue weighted by atomic mass is 9.89. The number of halogens is 1. The summed E-state index contributed by atoms with van der Waals surface area (Å²) in [5.74, 6) is -0.0759. The third-order valence-corrected chi connectivity index (χ3v) is 5.99. The van der Waals surface area contributed by atoms with E-state index in [-0.39, 0.29) is 23.8 Å². The number of hydrogen-bond acceptors (Lipinski definition) is 3. The first-order valence-corrected chi connectivity index (χ1v) is 10.1. The molecular weight excluding hydrogens is 374 g/mol. The van der Waals surface area contributed by atoms with Crippen LogP contribution >= 0.6 is 11.6 Å². The highest BCUT2D eigenvalue weighted by Gasteiger charge is 2.31. The summed E-state index contributed by atoms with van der Waals surface area (Å²) >= 11 is 6.37. The Morgan fingerprint density at radius 1 is 1.14 bits per heavy atom. The maximum atomic E-state index is 13.0. The molecule has 2 atom stereocenters. The smallest absolute Gasteiger partial charge is 0.227 e. The quantitative estimate of drug-likeness (QED) is 0.831. The maximum Gasteiger partial charge on any atom is 0.227 e. The molecule has 1 fully saturated rings. The van der Waals surface area contributed by atoms with Gasteiger partial charge in [0.2, 0.25) is 11.8 Å². The molecule has 0 spiro atoms. The number of amides is 2. The molecule has 1 saturated heterocycles. The van der Waals surface area contributed by atoms with Crippen molar-refractivity contribution in [3.8, 4) is 0 Å². The molecule has 2 aromatic rings. The second-order valence-corrected chi connectivity index (χ2v) is 7.82. The molecule has 2 heterocycles. The van der Waals surface area contributed by atoms with E-state index in [4.69, 9.17) is 11.6 Å². The Morgan fingerprint density at radius 2 is 1.93 bits per heavy atom. The topological polar surface area (TPSA) is 61.4 Å². The van der Waals surface area contributed by atoms with Gasteiger partial charge in [-0.25, -0.2) is 0 Å². The van der Waals surface area contributed by atoms with Crippen molar-refractivity contribution < 1.29 is 9.59 Å². The number of fused-ring (bicyclic) bond motifs is 1. The fourth-order valence-corrected chi connectivity index (χ4v) is 4.38. The number of anilines is 1. The molecule has 2 N–H and O–H groups in total. The summed E-state index contributed by atoms with van der Waals surface area (Å²) in [6.45, 7) is 2.10. The van der Waals surface area contributed by atoms with E-state index in [1.807, 2.05) is 53.4 Å². The molecule has 146 valence electrons. The van der Waals surface area contributed by atoms with E-state index in [9.17, 15) is 9.59 Å². The van der Waals surface area contributed by atoms with Crippen molar-refractivity contribution in [1.82, 2.24) is 10.2 Å². The molecular formula is C22H24ClN3O2. The average molecular weight is 398 g/mol. The van der Waals surface area contributed by atoms with Gasteiger partial charge in [0.1, 0.15) is 0 Å². The van der Waals surface area contributed by atoms with Crippen molar-refractivity contribution in [2.24, 2.45) is 5.92 Å². The average Bonchev–Trinajstić information content (AvgIpc) is 2.72. The van der Waals surface area contributed by atoms with Crippen molar-refractivity contribution in [2.45, 2.75) is 25.3 Å². The van der Waals surface area contributed by atoms with Gasteiger partial charge >= 0.3 is 0 Å². The molecule has 0 aromatic heterocycles. The van der Waals surface area contributed by atoms with Gasteiger partial charge in [-0.1, -0.05) is 48.0 Å². The van der Waals surface area contributed by atoms with E-state index in [1.165, 1.54) is 0 Å². The zero-order chi connectivity index (χ0) is 19.5. The van der Waals surface area contributed by atoms with Crippen molar-refractivity contribution in [3.05, 3.63) is 64.7 Å². The van der Waals surface area contributed by atoms with E-state index in [2.05, 4.69) is 10.6 Å². The van der Waals surface area contributed by atoms with Crippen molar-refractivity contribution in [2.75, 3.05) is 25.0 Å². The third-order valence-electron chi connectivity index (χ3n) is 5.65. The maximum absolute atomic E-state index is 13.0. The van der Waals surface area contributed by atoms with E-state index >= 15 is 0 Å². The highest BCUT2D eigenvalue weighted by atomic mass is 35.5. The number of nitrogens with zero attached hydrogens (tertiary/aromatic N) is 1. The SMILES string of the molecule is O=C1Nc2ccccc2CC1CCC(=O)N1CCNCC1c1ccccc1Cl. The van der Waals surface area contributed by atoms with E-state index < -0.39 is 0 Å². The van der Waals surface area contributed by atoms with Gasteiger partial charge in [0.15, 0.2) is 0 Å². The number of carbonyl (C=O) groups excluding carboxylic acids is 2. The van der Waals surface area contributed by atoms with Crippen LogP contribution in [0.15, 0.2) is 48.5 Å². The van der Waals surface area contributed by atoms with Crippen LogP contribution in [0.2, 0.25) is 5.02 Å². The number of rotatable bonds is 4. The Bertz CT molecular complexity index is 886. The van der Waals surface area contributed by atoms with Crippen LogP contribution in [0.3, 0.4) is 0 Å². The molecule has 0 bridgehead atoms. The van der Waals surface area contributed by atoms with Crippen LogP contribution in [-0.4, -0.2) is 36.3 Å². The first-order chi connectivity index (χ1) is 13.6. The summed E-state index contributed by atoms with van der Waals surface area (Å²) in [7, 11) is 0. The molecule has 2 aliphatic rings. The molecule has 5 nitrogen and oxygen atoms in total. The predicted molar refractivity (Wildman–Crippen MR) is 110 cm³/mol. The fraction of sp³-hybridized carbons (Fsp3) is 0.364. The lowest BCUT2D eigenvalue weighted by molar-refractivity contribution is -0.135. The van der Waals surface area contributed by atoms with Gasteiger partial charge in [0.25, 0.3) is 0 Å². The van der Waals surface area contributed by atoms with Gasteiger partial charge in [-0.05, 0) is 36.1 Å². The van der Waals surface area contributed by atoms with Crippen LogP contribution in [0.1, 0.15) is 30.0 Å². The van der Waals surface area contributed by atoms with E-state index in [1.54, 1.807) is 0 Å². The van der Waals surface area contributed by atoms with Gasteiger partial charge in [0, 0.05) is 42.7 Å². The molecule has 4 rings (SSSR count). The second kappa shape index (κ2) is 8.33. The number of hydrogen-bond donors (Lipinski definition) is 2. The molecule has 2 aliphatic heterocycles. The largest absolute Gasteiger partial charge is 0.333 e. The Hall–Kier alpha value is -2.37. The molecule has 0 saturated carbocycles. The standard InChI is InChI=1S/C22H24ClN3O2/c23-18-7-3-2-6-17(18)20-14-24-11-12-26(20)21(27)10-9-16-13-15-5-1-4-8-19(15)25-22(16)28/h1-8,16,20,24H,9-14H2,(H,25,28). The summed E-state index contributed by atoms with van der Waals surface area (Å²) in [6.07, 6.45) is 1.60. The predicted octanol–water partition coefficient (Wildman–Crippen LogP) is 3.40. The molecule has 2 aromatic carbocycles. The van der Waals surface area contributed by atoms with Crippen LogP contribution in [0, 0.1) is 5.92 Å². The summed E-state index contributed by atoms with van der Waals surface area (Å²) in [5, 5.41) is 6.99. The Kier molecular flexibility index (Phi) is 5.64. The number of benzene rings is 2. The van der Waals surface area contributed by atoms with Gasteiger partial charge in [-0.2, -0.15) is 0 Å². The molecule has 2 unspecified atom stereocenters. The van der Waals surface area contributed by atoms with Gasteiger partial charge in [0.05, 0.1) is 6.04 Å². The monoisotopic (exact) mass is 397 g/mol. The highest BCUT2D eigenvalue weighted by Crippen LogP contribution is 2.31. The van der Waals surface area contributed by atoms with Gasteiger partial charge in [-0.15, -0.1) is 0 Å². The summed E-state index contributed by atoms with van der Waals surface area (Å²) in [4.78, 5) is 27.3. The minimum atomic E-state index is -0.166. The van der Waals surface area contributed by atoms with Crippen LogP contribution in [-0.2, 0) is 16.0 Å². The minimum absolute atomic E-state index is 0.00876. The third kappa shape index (κ3) is 3.91. The summed E-state index contributed by atoms with van der Waals surface area (Å²) < 4.78 is 0. The first-order valence-electron chi connectivity index (χ1n) is 9.77. The first kappa shape index (κ1) is 19.0.